The van der Waals surface area contributed by atoms with Gasteiger partial charge in [0.1, 0.15) is 11.5 Å². The highest BCUT2D eigenvalue weighted by molar-refractivity contribution is 5.95. The van der Waals surface area contributed by atoms with Crippen LogP contribution < -0.4 is 14.8 Å². The number of ether oxygens (including phenoxy) is 3. The molecule has 1 spiro atoms. The van der Waals surface area contributed by atoms with Crippen molar-refractivity contribution in [2.45, 2.75) is 43.9 Å². The summed E-state index contributed by atoms with van der Waals surface area (Å²) in [5.74, 6) is 1.04. The molecule has 2 aliphatic heterocycles. The summed E-state index contributed by atoms with van der Waals surface area (Å²) in [6, 6.07) is 11.2. The standard InChI is InChI=1S/C24H31N3O4/c1-29-21-13-18(14-22(15-21)30-2)23(28)26-16-20-6-7-24(31-20)8-11-27(12-9-24)17-19-5-3-4-10-25-19/h3-5,10,13-15,20H,6-9,11-12,16-17H2,1-2H3,(H,26,28). The fourth-order valence-electron chi connectivity index (χ4n) is 4.49. The van der Waals surface area contributed by atoms with E-state index in [1.54, 1.807) is 32.4 Å². The van der Waals surface area contributed by atoms with Gasteiger partial charge in [0.05, 0.1) is 31.6 Å². The zero-order chi connectivity index (χ0) is 21.7. The molecular formula is C24H31N3O4. The average molecular weight is 426 g/mol. The van der Waals surface area contributed by atoms with Crippen LogP contribution in [0.2, 0.25) is 0 Å². The van der Waals surface area contributed by atoms with Crippen LogP contribution in [0, 0.1) is 0 Å². The van der Waals surface area contributed by atoms with Crippen LogP contribution in [-0.2, 0) is 11.3 Å². The first kappa shape index (κ1) is 21.6. The summed E-state index contributed by atoms with van der Waals surface area (Å²) in [4.78, 5) is 19.5. The lowest BCUT2D eigenvalue weighted by atomic mass is 9.88. The Kier molecular flexibility index (Phi) is 6.73. The Morgan fingerprint density at radius 2 is 1.90 bits per heavy atom. The lowest BCUT2D eigenvalue weighted by Gasteiger charge is -2.39. The maximum absolute atomic E-state index is 12.6. The second-order valence-electron chi connectivity index (χ2n) is 8.37. The molecule has 0 bridgehead atoms. The Bertz CT molecular complexity index is 859. The zero-order valence-electron chi connectivity index (χ0n) is 18.3. The highest BCUT2D eigenvalue weighted by Crippen LogP contribution is 2.39. The second-order valence-corrected chi connectivity index (χ2v) is 8.37. The third-order valence-electron chi connectivity index (χ3n) is 6.32. The third-order valence-corrected chi connectivity index (χ3v) is 6.32. The number of amides is 1. The number of nitrogens with zero attached hydrogens (tertiary/aromatic N) is 2. The van der Waals surface area contributed by atoms with Crippen molar-refractivity contribution >= 4 is 5.91 Å². The number of likely N-dealkylation sites (tertiary alicyclic amines) is 1. The molecule has 4 rings (SSSR count). The van der Waals surface area contributed by atoms with E-state index in [4.69, 9.17) is 14.2 Å². The van der Waals surface area contributed by atoms with Crippen LogP contribution in [0.25, 0.3) is 0 Å². The van der Waals surface area contributed by atoms with E-state index in [0.717, 1.165) is 51.0 Å². The molecule has 0 aliphatic carbocycles. The summed E-state index contributed by atoms with van der Waals surface area (Å²) in [6.07, 6.45) is 5.98. The number of hydrogen-bond acceptors (Lipinski definition) is 6. The van der Waals surface area contributed by atoms with E-state index in [2.05, 4.69) is 21.3 Å². The van der Waals surface area contributed by atoms with E-state index >= 15 is 0 Å². The number of pyridine rings is 1. The number of carbonyl (C=O) groups excluding carboxylic acids is 1. The van der Waals surface area contributed by atoms with Crippen molar-refractivity contribution in [1.29, 1.82) is 0 Å². The van der Waals surface area contributed by atoms with Gasteiger partial charge in [0.25, 0.3) is 5.91 Å². The number of aromatic nitrogens is 1. The number of methoxy groups -OCH3 is 2. The topological polar surface area (TPSA) is 72.9 Å². The third kappa shape index (κ3) is 5.35. The minimum atomic E-state index is -0.146. The number of rotatable bonds is 7. The van der Waals surface area contributed by atoms with E-state index in [9.17, 15) is 4.79 Å². The van der Waals surface area contributed by atoms with Crippen LogP contribution in [0.5, 0.6) is 11.5 Å². The summed E-state index contributed by atoms with van der Waals surface area (Å²) in [5, 5.41) is 3.01. The fraction of sp³-hybridized carbons (Fsp3) is 0.500. The van der Waals surface area contributed by atoms with Gasteiger partial charge >= 0.3 is 0 Å². The Morgan fingerprint density at radius 1 is 1.16 bits per heavy atom. The molecule has 3 heterocycles. The van der Waals surface area contributed by atoms with Crippen LogP contribution in [0.4, 0.5) is 0 Å². The molecule has 1 unspecified atom stereocenters. The van der Waals surface area contributed by atoms with E-state index in [1.807, 2.05) is 18.3 Å². The SMILES string of the molecule is COc1cc(OC)cc(C(=O)NCC2CCC3(CCN(Cc4ccccn4)CC3)O2)c1. The van der Waals surface area contributed by atoms with E-state index in [0.29, 0.717) is 23.6 Å². The molecule has 1 aromatic heterocycles. The van der Waals surface area contributed by atoms with Crippen molar-refractivity contribution < 1.29 is 19.0 Å². The number of piperidine rings is 1. The van der Waals surface area contributed by atoms with Crippen LogP contribution in [0.1, 0.15) is 41.7 Å². The summed E-state index contributed by atoms with van der Waals surface area (Å²) < 4.78 is 17.0. The minimum absolute atomic E-state index is 0.0464. The Hall–Kier alpha value is -2.64. The first-order valence-corrected chi connectivity index (χ1v) is 10.9. The molecule has 166 valence electrons. The van der Waals surface area contributed by atoms with Gasteiger partial charge in [0.2, 0.25) is 0 Å². The number of nitrogens with one attached hydrogen (secondary N) is 1. The monoisotopic (exact) mass is 425 g/mol. The van der Waals surface area contributed by atoms with Crippen LogP contribution in [-0.4, -0.2) is 61.3 Å². The van der Waals surface area contributed by atoms with Gasteiger partial charge in [-0.3, -0.25) is 14.7 Å². The maximum atomic E-state index is 12.6. The normalized spacial score (nSPS) is 20.5. The summed E-state index contributed by atoms with van der Waals surface area (Å²) in [6.45, 7) is 3.43. The number of carbonyl (C=O) groups is 1. The summed E-state index contributed by atoms with van der Waals surface area (Å²) in [7, 11) is 3.15. The Labute approximate surface area is 183 Å². The smallest absolute Gasteiger partial charge is 0.251 e. The lowest BCUT2D eigenvalue weighted by Crippen LogP contribution is -2.45. The van der Waals surface area contributed by atoms with Crippen molar-refractivity contribution in [2.24, 2.45) is 0 Å². The maximum Gasteiger partial charge on any atom is 0.251 e. The molecule has 2 aromatic rings. The molecule has 1 aromatic carbocycles. The van der Waals surface area contributed by atoms with Gasteiger partial charge in [-0.25, -0.2) is 0 Å². The van der Waals surface area contributed by atoms with Crippen LogP contribution in [0.15, 0.2) is 42.6 Å². The minimum Gasteiger partial charge on any atom is -0.497 e. The second kappa shape index (κ2) is 9.66. The first-order valence-electron chi connectivity index (χ1n) is 10.9. The van der Waals surface area contributed by atoms with Crippen LogP contribution >= 0.6 is 0 Å². The molecule has 0 saturated carbocycles. The van der Waals surface area contributed by atoms with E-state index in [-0.39, 0.29) is 17.6 Å². The largest absolute Gasteiger partial charge is 0.497 e. The highest BCUT2D eigenvalue weighted by Gasteiger charge is 2.42. The molecule has 2 fully saturated rings. The molecule has 1 amide bonds. The van der Waals surface area contributed by atoms with Gasteiger partial charge in [-0.1, -0.05) is 6.07 Å². The van der Waals surface area contributed by atoms with Crippen molar-refractivity contribution in [3.05, 3.63) is 53.9 Å². The van der Waals surface area contributed by atoms with Crippen molar-refractivity contribution in [3.8, 4) is 11.5 Å². The lowest BCUT2D eigenvalue weighted by molar-refractivity contribution is -0.0765. The Balaban J connectivity index is 1.26. The summed E-state index contributed by atoms with van der Waals surface area (Å²) in [5.41, 5.74) is 1.59. The predicted octanol–water partition coefficient (Wildman–Crippen LogP) is 3.04. The number of hydrogen-bond donors (Lipinski definition) is 1. The Morgan fingerprint density at radius 3 is 2.55 bits per heavy atom. The van der Waals surface area contributed by atoms with Crippen molar-refractivity contribution in [2.75, 3.05) is 33.9 Å². The molecule has 0 radical (unpaired) electrons. The molecule has 31 heavy (non-hydrogen) atoms. The van der Waals surface area contributed by atoms with Gasteiger partial charge in [0.15, 0.2) is 0 Å². The van der Waals surface area contributed by atoms with Crippen molar-refractivity contribution in [1.82, 2.24) is 15.2 Å². The first-order chi connectivity index (χ1) is 15.1. The zero-order valence-corrected chi connectivity index (χ0v) is 18.3. The van der Waals surface area contributed by atoms with Gasteiger partial charge in [0, 0.05) is 44.0 Å². The molecular weight excluding hydrogens is 394 g/mol. The molecule has 1 N–H and O–H groups in total. The van der Waals surface area contributed by atoms with Gasteiger partial charge in [-0.15, -0.1) is 0 Å². The molecule has 1 atom stereocenters. The fourth-order valence-corrected chi connectivity index (χ4v) is 4.49. The molecule has 7 heteroatoms. The number of benzene rings is 1. The van der Waals surface area contributed by atoms with Crippen LogP contribution in [0.3, 0.4) is 0 Å². The molecule has 7 nitrogen and oxygen atoms in total. The average Bonchev–Trinajstić information content (AvgIpc) is 3.22. The predicted molar refractivity (Wildman–Crippen MR) is 117 cm³/mol. The van der Waals surface area contributed by atoms with Crippen molar-refractivity contribution in [3.63, 3.8) is 0 Å². The highest BCUT2D eigenvalue weighted by atomic mass is 16.5. The van der Waals surface area contributed by atoms with Gasteiger partial charge in [-0.2, -0.15) is 0 Å². The summed E-state index contributed by atoms with van der Waals surface area (Å²) >= 11 is 0. The van der Waals surface area contributed by atoms with E-state index < -0.39 is 0 Å². The molecule has 2 aliphatic rings. The van der Waals surface area contributed by atoms with Gasteiger partial charge in [-0.05, 0) is 49.9 Å². The van der Waals surface area contributed by atoms with E-state index in [1.165, 1.54) is 0 Å². The molecule has 2 saturated heterocycles. The van der Waals surface area contributed by atoms with Gasteiger partial charge < -0.3 is 19.5 Å². The quantitative estimate of drug-likeness (QED) is 0.735.